The topological polar surface area (TPSA) is 159 Å². The molecule has 0 radical (unpaired) electrons. The number of likely N-dealkylation sites (N-methyl/N-ethyl adjacent to an activating group) is 1. The minimum absolute atomic E-state index is 0.0297. The summed E-state index contributed by atoms with van der Waals surface area (Å²) >= 11 is 0.711. The van der Waals surface area contributed by atoms with Gasteiger partial charge >= 0.3 is 18.2 Å². The molecule has 1 aliphatic heterocycles. The third-order valence-electron chi connectivity index (χ3n) is 6.60. The highest BCUT2D eigenvalue weighted by molar-refractivity contribution is 8.18. The van der Waals surface area contributed by atoms with Crippen LogP contribution in [0.15, 0.2) is 47.0 Å². The fourth-order valence-electron chi connectivity index (χ4n) is 4.40. The van der Waals surface area contributed by atoms with Gasteiger partial charge in [-0.1, -0.05) is 41.6 Å². The van der Waals surface area contributed by atoms with E-state index in [0.29, 0.717) is 23.4 Å². The van der Waals surface area contributed by atoms with Crippen LogP contribution in [-0.2, 0) is 31.1 Å². The number of aliphatic carboxylic acids is 1. The monoisotopic (exact) mass is 591 g/mol. The van der Waals surface area contributed by atoms with Crippen molar-refractivity contribution in [2.24, 2.45) is 0 Å². The highest BCUT2D eigenvalue weighted by Gasteiger charge is 2.76. The van der Waals surface area contributed by atoms with Crippen molar-refractivity contribution in [2.45, 2.75) is 34.6 Å². The molecule has 16 heteroatoms. The van der Waals surface area contributed by atoms with Crippen LogP contribution >= 0.6 is 11.8 Å². The standard InChI is InChI=1S/C23H24F3N3O8S2/c1-29(9-10-30)20(33)36-13-21(14-5-3-2-4-6-14)12-22(21,19(31)32)28-39(34,35)18-8-7-16(38-18)15-11-17(37-27-15)23(24,25)26/h2-7,11,18,28,30H,8-10,12-13H2,1H3,(H,31,32). The molecule has 2 heterocycles. The maximum atomic E-state index is 13.4. The molecule has 1 fully saturated rings. The quantitative estimate of drug-likeness (QED) is 0.375. The number of aliphatic hydroxyl groups excluding tert-OH is 1. The first kappa shape index (κ1) is 28.9. The van der Waals surface area contributed by atoms with Crippen molar-refractivity contribution >= 4 is 38.8 Å². The zero-order valence-electron chi connectivity index (χ0n) is 20.3. The molecule has 0 bridgehead atoms. The number of carbonyl (C=O) groups is 2. The van der Waals surface area contributed by atoms with Crippen LogP contribution < -0.4 is 4.72 Å². The van der Waals surface area contributed by atoms with Crippen LogP contribution in [0.4, 0.5) is 18.0 Å². The van der Waals surface area contributed by atoms with E-state index in [9.17, 15) is 36.3 Å². The van der Waals surface area contributed by atoms with Gasteiger partial charge in [-0.15, -0.1) is 11.8 Å². The third kappa shape index (κ3) is 5.50. The molecule has 1 aromatic carbocycles. The second kappa shape index (κ2) is 10.5. The van der Waals surface area contributed by atoms with E-state index in [1.807, 2.05) is 0 Å². The molecule has 212 valence electrons. The molecule has 1 saturated carbocycles. The van der Waals surface area contributed by atoms with Gasteiger partial charge < -0.3 is 24.4 Å². The number of aliphatic hydroxyl groups is 1. The highest BCUT2D eigenvalue weighted by atomic mass is 32.3. The minimum Gasteiger partial charge on any atom is -0.480 e. The first-order valence-corrected chi connectivity index (χ1v) is 13.9. The Bertz CT molecular complexity index is 1380. The molecule has 1 amide bonds. The maximum Gasteiger partial charge on any atom is 0.452 e. The fourth-order valence-corrected chi connectivity index (χ4v) is 7.56. The Balaban J connectivity index is 1.56. The Labute approximate surface area is 225 Å². The van der Waals surface area contributed by atoms with Gasteiger partial charge in [0.2, 0.25) is 15.8 Å². The molecule has 4 rings (SSSR count). The molecule has 1 aromatic heterocycles. The van der Waals surface area contributed by atoms with E-state index in [0.717, 1.165) is 4.90 Å². The normalized spacial score (nSPS) is 24.7. The molecular formula is C23H24F3N3O8S2. The van der Waals surface area contributed by atoms with Crippen LogP contribution in [0.1, 0.15) is 29.9 Å². The first-order valence-electron chi connectivity index (χ1n) is 11.5. The zero-order valence-corrected chi connectivity index (χ0v) is 22.0. The summed E-state index contributed by atoms with van der Waals surface area (Å²) in [5, 5.41) is 22.6. The number of nitrogens with one attached hydrogen (secondary N) is 1. The molecule has 0 saturated heterocycles. The molecule has 3 atom stereocenters. The van der Waals surface area contributed by atoms with Gasteiger partial charge in [-0.2, -0.15) is 17.9 Å². The van der Waals surface area contributed by atoms with Gasteiger partial charge in [-0.25, -0.2) is 13.2 Å². The summed E-state index contributed by atoms with van der Waals surface area (Å²) in [7, 11) is -3.01. The van der Waals surface area contributed by atoms with Crippen LogP contribution in [0.2, 0.25) is 0 Å². The summed E-state index contributed by atoms with van der Waals surface area (Å²) in [6.45, 7) is -0.825. The lowest BCUT2D eigenvalue weighted by molar-refractivity contribution is -0.155. The SMILES string of the molecule is CN(CCO)C(=O)OCC1(c2ccccc2)CC1(NS(=O)(=O)C1CC=C(c2cc(C(F)(F)F)on2)S1)C(=O)O. The van der Waals surface area contributed by atoms with Crippen LogP contribution in [0.5, 0.6) is 0 Å². The molecule has 11 nitrogen and oxygen atoms in total. The van der Waals surface area contributed by atoms with Crippen LogP contribution in [-0.4, -0.2) is 77.7 Å². The van der Waals surface area contributed by atoms with Gasteiger partial charge in [0.25, 0.3) is 0 Å². The van der Waals surface area contributed by atoms with Gasteiger partial charge in [0, 0.05) is 24.6 Å². The smallest absolute Gasteiger partial charge is 0.452 e. The lowest BCUT2D eigenvalue weighted by atomic mass is 9.91. The largest absolute Gasteiger partial charge is 0.480 e. The van der Waals surface area contributed by atoms with Crippen molar-refractivity contribution in [3.05, 3.63) is 59.5 Å². The summed E-state index contributed by atoms with van der Waals surface area (Å²) in [6.07, 6.45) is -4.57. The number of alkyl halides is 3. The van der Waals surface area contributed by atoms with Gasteiger partial charge in [0.05, 0.1) is 12.0 Å². The zero-order chi connectivity index (χ0) is 28.6. The molecule has 39 heavy (non-hydrogen) atoms. The lowest BCUT2D eigenvalue weighted by Gasteiger charge is -2.26. The number of carboxylic acids is 1. The van der Waals surface area contributed by atoms with Crippen LogP contribution in [0.25, 0.3) is 4.91 Å². The van der Waals surface area contributed by atoms with Crippen molar-refractivity contribution in [1.29, 1.82) is 0 Å². The van der Waals surface area contributed by atoms with Crippen molar-refractivity contribution in [3.63, 3.8) is 0 Å². The molecule has 3 N–H and O–H groups in total. The number of nitrogens with zero attached hydrogens (tertiary/aromatic N) is 2. The number of thioether (sulfide) groups is 1. The van der Waals surface area contributed by atoms with E-state index < -0.39 is 56.2 Å². The van der Waals surface area contributed by atoms with Crippen molar-refractivity contribution in [3.8, 4) is 0 Å². The Kier molecular flexibility index (Phi) is 7.77. The molecule has 2 aromatic rings. The maximum absolute atomic E-state index is 13.4. The number of hydrogen-bond donors (Lipinski definition) is 3. The van der Waals surface area contributed by atoms with Gasteiger partial charge in [0.1, 0.15) is 22.4 Å². The van der Waals surface area contributed by atoms with E-state index in [-0.39, 0.29) is 36.6 Å². The van der Waals surface area contributed by atoms with Crippen LogP contribution in [0, 0.1) is 0 Å². The predicted molar refractivity (Wildman–Crippen MR) is 132 cm³/mol. The highest BCUT2D eigenvalue weighted by Crippen LogP contribution is 2.59. The number of benzene rings is 1. The van der Waals surface area contributed by atoms with Gasteiger partial charge in [-0.05, 0) is 18.4 Å². The van der Waals surface area contributed by atoms with E-state index in [1.54, 1.807) is 30.3 Å². The second-order valence-corrected chi connectivity index (χ2v) is 12.5. The Morgan fingerprint density at radius 2 is 2.00 bits per heavy atom. The molecule has 2 aliphatic rings. The van der Waals surface area contributed by atoms with Crippen molar-refractivity contribution < 1.29 is 50.7 Å². The van der Waals surface area contributed by atoms with E-state index in [4.69, 9.17) is 9.84 Å². The average molecular weight is 592 g/mol. The number of allylic oxidation sites excluding steroid dienone is 1. The molecule has 1 aliphatic carbocycles. The van der Waals surface area contributed by atoms with Crippen LogP contribution in [0.3, 0.4) is 0 Å². The van der Waals surface area contributed by atoms with E-state index >= 15 is 0 Å². The predicted octanol–water partition coefficient (Wildman–Crippen LogP) is 2.64. The number of carbonyl (C=O) groups excluding carboxylic acids is 1. The molecular weight excluding hydrogens is 567 g/mol. The summed E-state index contributed by atoms with van der Waals surface area (Å²) in [5.74, 6) is -2.82. The van der Waals surface area contributed by atoms with E-state index in [1.165, 1.54) is 13.1 Å². The summed E-state index contributed by atoms with van der Waals surface area (Å²) in [6, 6.07) is 8.79. The number of sulfonamides is 1. The number of carboxylic acid groups (broad SMARTS) is 1. The summed E-state index contributed by atoms with van der Waals surface area (Å²) in [5.41, 5.74) is -3.28. The molecule has 3 unspecified atom stereocenters. The fraction of sp³-hybridized carbons (Fsp3) is 0.435. The molecule has 0 spiro atoms. The van der Waals surface area contributed by atoms with E-state index in [2.05, 4.69) is 14.4 Å². The Morgan fingerprint density at radius 3 is 2.59 bits per heavy atom. The Hall–Kier alpha value is -3.08. The number of halogens is 3. The number of ether oxygens (including phenoxy) is 1. The van der Waals surface area contributed by atoms with Crippen molar-refractivity contribution in [1.82, 2.24) is 14.8 Å². The summed E-state index contributed by atoms with van der Waals surface area (Å²) < 4.78 is 76.1. The number of hydrogen-bond acceptors (Lipinski definition) is 9. The van der Waals surface area contributed by atoms with Crippen molar-refractivity contribution in [2.75, 3.05) is 26.8 Å². The second-order valence-electron chi connectivity index (χ2n) is 9.11. The average Bonchev–Trinajstić information content (AvgIpc) is 3.25. The van der Waals surface area contributed by atoms with Gasteiger partial charge in [-0.3, -0.25) is 4.79 Å². The first-order chi connectivity index (χ1) is 18.3. The summed E-state index contributed by atoms with van der Waals surface area (Å²) in [4.78, 5) is 26.2. The number of rotatable bonds is 10. The third-order valence-corrected chi connectivity index (χ3v) is 10.2. The lowest BCUT2D eigenvalue weighted by Crippen LogP contribution is -2.52. The Morgan fingerprint density at radius 1 is 1.31 bits per heavy atom. The number of amides is 1. The van der Waals surface area contributed by atoms with Gasteiger partial charge in [0.15, 0.2) is 0 Å². The minimum atomic E-state index is -4.76. The number of aromatic nitrogens is 1.